The molecular weight excluding hydrogens is 252 g/mol. The van der Waals surface area contributed by atoms with E-state index in [1.165, 1.54) is 0 Å². The van der Waals surface area contributed by atoms with Gasteiger partial charge in [0.1, 0.15) is 0 Å². The van der Waals surface area contributed by atoms with Crippen LogP contribution < -0.4 is 10.6 Å². The maximum absolute atomic E-state index is 4.22. The molecule has 6 nitrogen and oxygen atoms in total. The van der Waals surface area contributed by atoms with Crippen LogP contribution in [-0.4, -0.2) is 60.4 Å². The molecule has 0 atom stereocenters. The highest BCUT2D eigenvalue weighted by molar-refractivity contribution is 5.79. The largest absolute Gasteiger partial charge is 0.356 e. The Morgan fingerprint density at radius 3 is 2.70 bits per heavy atom. The molecule has 0 radical (unpaired) electrons. The zero-order valence-corrected chi connectivity index (χ0v) is 13.1. The van der Waals surface area contributed by atoms with Gasteiger partial charge in [0.25, 0.3) is 0 Å². The second kappa shape index (κ2) is 9.36. The highest BCUT2D eigenvalue weighted by Gasteiger charge is 2.03. The van der Waals surface area contributed by atoms with Crippen molar-refractivity contribution in [2.24, 2.45) is 4.99 Å². The van der Waals surface area contributed by atoms with Crippen LogP contribution in [0.25, 0.3) is 0 Å². The second-order valence-electron chi connectivity index (χ2n) is 5.12. The van der Waals surface area contributed by atoms with Gasteiger partial charge in [-0.15, -0.1) is 0 Å². The van der Waals surface area contributed by atoms with Gasteiger partial charge in [-0.25, -0.2) is 0 Å². The summed E-state index contributed by atoms with van der Waals surface area (Å²) in [5.74, 6) is 0.864. The number of nitrogens with zero attached hydrogens (tertiary/aromatic N) is 4. The molecule has 2 N–H and O–H groups in total. The molecule has 1 aromatic rings. The minimum absolute atomic E-state index is 0.570. The van der Waals surface area contributed by atoms with Crippen LogP contribution in [0.3, 0.4) is 0 Å². The number of guanidine groups is 1. The summed E-state index contributed by atoms with van der Waals surface area (Å²) in [5.41, 5.74) is 0. The summed E-state index contributed by atoms with van der Waals surface area (Å²) in [5, 5.41) is 10.8. The third-order valence-corrected chi connectivity index (χ3v) is 3.28. The van der Waals surface area contributed by atoms with Gasteiger partial charge >= 0.3 is 0 Å². The lowest BCUT2D eigenvalue weighted by Crippen LogP contribution is -2.42. The third kappa shape index (κ3) is 6.56. The SMILES string of the molecule is CN=C(NCCCn1cccn1)NCCN(C)C(C)C. The van der Waals surface area contributed by atoms with Crippen molar-refractivity contribution in [2.45, 2.75) is 32.9 Å². The molecule has 0 fully saturated rings. The molecule has 0 amide bonds. The quantitative estimate of drug-likeness (QED) is 0.420. The monoisotopic (exact) mass is 280 g/mol. The Balaban J connectivity index is 2.10. The molecule has 0 saturated heterocycles. The molecule has 0 saturated carbocycles. The lowest BCUT2D eigenvalue weighted by molar-refractivity contribution is 0.278. The number of hydrogen-bond donors (Lipinski definition) is 2. The van der Waals surface area contributed by atoms with Crippen LogP contribution in [0.4, 0.5) is 0 Å². The van der Waals surface area contributed by atoms with Crippen molar-refractivity contribution in [3.8, 4) is 0 Å². The first-order valence-electron chi connectivity index (χ1n) is 7.25. The summed E-state index contributed by atoms with van der Waals surface area (Å²) >= 11 is 0. The summed E-state index contributed by atoms with van der Waals surface area (Å²) in [7, 11) is 3.93. The highest BCUT2D eigenvalue weighted by Crippen LogP contribution is 1.91. The molecule has 0 aliphatic heterocycles. The average Bonchev–Trinajstić information content (AvgIpc) is 2.94. The Kier molecular flexibility index (Phi) is 7.72. The zero-order valence-electron chi connectivity index (χ0n) is 13.1. The Morgan fingerprint density at radius 2 is 2.10 bits per heavy atom. The van der Waals surface area contributed by atoms with Crippen LogP contribution in [0.5, 0.6) is 0 Å². The number of likely N-dealkylation sites (N-methyl/N-ethyl adjacent to an activating group) is 1. The van der Waals surface area contributed by atoms with E-state index in [9.17, 15) is 0 Å². The second-order valence-corrected chi connectivity index (χ2v) is 5.12. The molecule has 0 aliphatic rings. The molecule has 1 aromatic heterocycles. The van der Waals surface area contributed by atoms with E-state index in [4.69, 9.17) is 0 Å². The first-order chi connectivity index (χ1) is 9.63. The molecule has 20 heavy (non-hydrogen) atoms. The smallest absolute Gasteiger partial charge is 0.191 e. The van der Waals surface area contributed by atoms with Crippen LogP contribution in [-0.2, 0) is 6.54 Å². The van der Waals surface area contributed by atoms with Gasteiger partial charge in [0, 0.05) is 51.7 Å². The average molecular weight is 280 g/mol. The molecule has 6 heteroatoms. The number of aromatic nitrogens is 2. The molecule has 0 aliphatic carbocycles. The minimum atomic E-state index is 0.570. The molecule has 1 heterocycles. The van der Waals surface area contributed by atoms with Gasteiger partial charge in [-0.1, -0.05) is 0 Å². The maximum atomic E-state index is 4.22. The molecule has 0 aromatic carbocycles. The summed E-state index contributed by atoms with van der Waals surface area (Å²) in [6.45, 7) is 8.11. The summed E-state index contributed by atoms with van der Waals surface area (Å²) in [4.78, 5) is 6.52. The molecule has 0 bridgehead atoms. The number of aliphatic imine (C=N–C) groups is 1. The molecule has 1 rings (SSSR count). The van der Waals surface area contributed by atoms with Crippen LogP contribution in [0.15, 0.2) is 23.5 Å². The lowest BCUT2D eigenvalue weighted by atomic mass is 10.3. The summed E-state index contributed by atoms with van der Waals surface area (Å²) in [6.07, 6.45) is 4.81. The van der Waals surface area contributed by atoms with Crippen molar-refractivity contribution in [1.82, 2.24) is 25.3 Å². The lowest BCUT2D eigenvalue weighted by Gasteiger charge is -2.21. The van der Waals surface area contributed by atoms with E-state index in [0.717, 1.165) is 38.6 Å². The fourth-order valence-electron chi connectivity index (χ4n) is 1.71. The first-order valence-corrected chi connectivity index (χ1v) is 7.25. The fourth-order valence-corrected chi connectivity index (χ4v) is 1.71. The van der Waals surface area contributed by atoms with Crippen molar-refractivity contribution in [3.05, 3.63) is 18.5 Å². The molecule has 0 unspecified atom stereocenters. The standard InChI is InChI=1S/C14H28N6/c1-13(2)19(4)12-9-17-14(15-3)16-7-5-10-20-11-6-8-18-20/h6,8,11,13H,5,7,9-10,12H2,1-4H3,(H2,15,16,17). The molecule has 0 spiro atoms. The number of aryl methyl sites for hydroxylation is 1. The van der Waals surface area contributed by atoms with Gasteiger partial charge < -0.3 is 15.5 Å². The van der Waals surface area contributed by atoms with E-state index in [1.54, 1.807) is 13.2 Å². The van der Waals surface area contributed by atoms with Crippen molar-refractivity contribution >= 4 is 5.96 Å². The number of nitrogens with one attached hydrogen (secondary N) is 2. The van der Waals surface area contributed by atoms with Crippen LogP contribution in [0.1, 0.15) is 20.3 Å². The zero-order chi connectivity index (χ0) is 14.8. The highest BCUT2D eigenvalue weighted by atomic mass is 15.3. The fraction of sp³-hybridized carbons (Fsp3) is 0.714. The van der Waals surface area contributed by atoms with Gasteiger partial charge in [0.05, 0.1) is 0 Å². The van der Waals surface area contributed by atoms with Crippen molar-refractivity contribution in [1.29, 1.82) is 0 Å². The summed E-state index contributed by atoms with van der Waals surface area (Å²) in [6, 6.07) is 2.51. The Hall–Kier alpha value is -1.56. The van der Waals surface area contributed by atoms with Crippen LogP contribution in [0, 0.1) is 0 Å². The van der Waals surface area contributed by atoms with E-state index < -0.39 is 0 Å². The Labute approximate surface area is 122 Å². The number of rotatable bonds is 8. The van der Waals surface area contributed by atoms with E-state index in [2.05, 4.69) is 46.5 Å². The van der Waals surface area contributed by atoms with E-state index in [1.807, 2.05) is 16.9 Å². The normalized spacial score (nSPS) is 12.2. The van der Waals surface area contributed by atoms with Crippen molar-refractivity contribution in [3.63, 3.8) is 0 Å². The van der Waals surface area contributed by atoms with Crippen LogP contribution in [0.2, 0.25) is 0 Å². The van der Waals surface area contributed by atoms with Gasteiger partial charge in [0.2, 0.25) is 0 Å². The van der Waals surface area contributed by atoms with E-state index in [-0.39, 0.29) is 0 Å². The minimum Gasteiger partial charge on any atom is -0.356 e. The van der Waals surface area contributed by atoms with Crippen LogP contribution >= 0.6 is 0 Å². The third-order valence-electron chi connectivity index (χ3n) is 3.28. The molecule has 114 valence electrons. The topological polar surface area (TPSA) is 57.5 Å². The summed E-state index contributed by atoms with van der Waals surface area (Å²) < 4.78 is 1.94. The van der Waals surface area contributed by atoms with E-state index in [0.29, 0.717) is 6.04 Å². The van der Waals surface area contributed by atoms with Crippen molar-refractivity contribution < 1.29 is 0 Å². The Bertz CT molecular complexity index is 371. The predicted octanol–water partition coefficient (Wildman–Crippen LogP) is 0.778. The van der Waals surface area contributed by atoms with Crippen molar-refractivity contribution in [2.75, 3.05) is 33.7 Å². The van der Waals surface area contributed by atoms with E-state index >= 15 is 0 Å². The van der Waals surface area contributed by atoms with Gasteiger partial charge in [-0.2, -0.15) is 5.10 Å². The van der Waals surface area contributed by atoms with Gasteiger partial charge in [-0.05, 0) is 33.4 Å². The van der Waals surface area contributed by atoms with Gasteiger partial charge in [-0.3, -0.25) is 9.67 Å². The molecular formula is C14H28N6. The van der Waals surface area contributed by atoms with Gasteiger partial charge in [0.15, 0.2) is 5.96 Å². The Morgan fingerprint density at radius 1 is 1.35 bits per heavy atom. The first kappa shape index (κ1) is 16.5. The maximum Gasteiger partial charge on any atom is 0.191 e. The number of hydrogen-bond acceptors (Lipinski definition) is 3. The predicted molar refractivity (Wildman–Crippen MR) is 84.0 cm³/mol.